The molecule has 92 valence electrons. The Balaban J connectivity index is 1.92. The maximum absolute atomic E-state index is 6.08. The molecule has 0 saturated heterocycles. The maximum atomic E-state index is 6.08. The zero-order valence-corrected chi connectivity index (χ0v) is 10.1. The van der Waals surface area contributed by atoms with Gasteiger partial charge in [-0.3, -0.25) is 0 Å². The van der Waals surface area contributed by atoms with Gasteiger partial charge in [-0.05, 0) is 19.3 Å². The predicted molar refractivity (Wildman–Crippen MR) is 67.9 cm³/mol. The molecule has 1 aromatic rings. The average molecular weight is 234 g/mol. The summed E-state index contributed by atoms with van der Waals surface area (Å²) in [5.74, 6) is 1.58. The summed E-state index contributed by atoms with van der Waals surface area (Å²) in [5, 5.41) is 0. The number of fused-ring (bicyclic) bond motifs is 1. The van der Waals surface area contributed by atoms with Crippen LogP contribution in [0.25, 0.3) is 0 Å². The van der Waals surface area contributed by atoms with Crippen LogP contribution in [0.1, 0.15) is 19.3 Å². The minimum absolute atomic E-state index is 0.601. The second-order valence-corrected chi connectivity index (χ2v) is 4.75. The number of rotatable bonds is 2. The summed E-state index contributed by atoms with van der Waals surface area (Å²) in [6.45, 7) is 1.22. The van der Waals surface area contributed by atoms with Crippen LogP contribution < -0.4 is 20.1 Å². The molecule has 2 aliphatic rings. The molecule has 0 amide bonds. The number of nitrogens with zero attached hydrogens (tertiary/aromatic N) is 1. The highest BCUT2D eigenvalue weighted by atomic mass is 16.6. The molecule has 1 saturated carbocycles. The summed E-state index contributed by atoms with van der Waals surface area (Å²) < 4.78 is 11.1. The van der Waals surface area contributed by atoms with Crippen molar-refractivity contribution in [3.8, 4) is 11.5 Å². The number of ether oxygens (including phenoxy) is 2. The third-order valence-electron chi connectivity index (χ3n) is 3.69. The molecule has 0 radical (unpaired) electrons. The molecule has 1 aliphatic heterocycles. The minimum atomic E-state index is 0.601. The number of anilines is 2. The van der Waals surface area contributed by atoms with Gasteiger partial charge in [0, 0.05) is 25.2 Å². The summed E-state index contributed by atoms with van der Waals surface area (Å²) in [6, 6.07) is 4.50. The third-order valence-corrected chi connectivity index (χ3v) is 3.69. The van der Waals surface area contributed by atoms with Crippen LogP contribution >= 0.6 is 0 Å². The number of hydrogen-bond donors (Lipinski definition) is 1. The average Bonchev–Trinajstić information content (AvgIpc) is 2.25. The number of hydrogen-bond acceptors (Lipinski definition) is 4. The van der Waals surface area contributed by atoms with Crippen molar-refractivity contribution in [1.82, 2.24) is 0 Å². The molecule has 4 nitrogen and oxygen atoms in total. The second kappa shape index (κ2) is 4.02. The zero-order valence-electron chi connectivity index (χ0n) is 10.1. The standard InChI is InChI=1S/C13H18N2O2/c1-15(9-3-2-4-9)11-8-13-12(7-10(11)14)16-5-6-17-13/h7-9H,2-6,14H2,1H3. The van der Waals surface area contributed by atoms with Gasteiger partial charge in [0.05, 0.1) is 11.4 Å². The fourth-order valence-electron chi connectivity index (χ4n) is 2.37. The molecule has 0 unspecified atom stereocenters. The van der Waals surface area contributed by atoms with Crippen molar-refractivity contribution in [2.24, 2.45) is 0 Å². The van der Waals surface area contributed by atoms with Crippen LogP contribution in [-0.4, -0.2) is 26.3 Å². The van der Waals surface area contributed by atoms with Crippen LogP contribution in [0.15, 0.2) is 12.1 Å². The van der Waals surface area contributed by atoms with Gasteiger partial charge in [0.15, 0.2) is 11.5 Å². The predicted octanol–water partition coefficient (Wildman–Crippen LogP) is 2.03. The maximum Gasteiger partial charge on any atom is 0.163 e. The van der Waals surface area contributed by atoms with E-state index in [0.29, 0.717) is 19.3 Å². The summed E-state index contributed by atoms with van der Waals surface area (Å²) in [6.07, 6.45) is 3.83. The SMILES string of the molecule is CN(c1cc2c(cc1N)OCCO2)C1CCC1. The second-order valence-electron chi connectivity index (χ2n) is 4.75. The Morgan fingerprint density at radius 2 is 1.82 bits per heavy atom. The Labute approximate surface area is 101 Å². The van der Waals surface area contributed by atoms with E-state index >= 15 is 0 Å². The van der Waals surface area contributed by atoms with E-state index in [0.717, 1.165) is 22.9 Å². The molecule has 4 heteroatoms. The lowest BCUT2D eigenvalue weighted by atomic mass is 9.91. The van der Waals surface area contributed by atoms with Crippen molar-refractivity contribution in [2.45, 2.75) is 25.3 Å². The molecule has 17 heavy (non-hydrogen) atoms. The molecular weight excluding hydrogens is 216 g/mol. The highest BCUT2D eigenvalue weighted by Gasteiger charge is 2.25. The molecule has 0 atom stereocenters. The Bertz CT molecular complexity index is 430. The van der Waals surface area contributed by atoms with Gasteiger partial charge >= 0.3 is 0 Å². The third kappa shape index (κ3) is 1.77. The van der Waals surface area contributed by atoms with Gasteiger partial charge in [-0.15, -0.1) is 0 Å². The summed E-state index contributed by atoms with van der Waals surface area (Å²) in [5.41, 5.74) is 7.91. The topological polar surface area (TPSA) is 47.7 Å². The Morgan fingerprint density at radius 3 is 2.41 bits per heavy atom. The molecule has 1 aliphatic carbocycles. The number of benzene rings is 1. The normalized spacial score (nSPS) is 18.6. The first kappa shape index (κ1) is 10.6. The van der Waals surface area contributed by atoms with Crippen molar-refractivity contribution >= 4 is 11.4 Å². The van der Waals surface area contributed by atoms with Gasteiger partial charge in [-0.1, -0.05) is 0 Å². The quantitative estimate of drug-likeness (QED) is 0.795. The zero-order chi connectivity index (χ0) is 11.8. The highest BCUT2D eigenvalue weighted by molar-refractivity contribution is 5.73. The van der Waals surface area contributed by atoms with Gasteiger partial charge in [-0.2, -0.15) is 0 Å². The summed E-state index contributed by atoms with van der Waals surface area (Å²) >= 11 is 0. The summed E-state index contributed by atoms with van der Waals surface area (Å²) in [4.78, 5) is 2.26. The molecule has 0 bridgehead atoms. The lowest BCUT2D eigenvalue weighted by molar-refractivity contribution is 0.171. The van der Waals surface area contributed by atoms with Crippen molar-refractivity contribution in [3.05, 3.63) is 12.1 Å². The molecule has 0 spiro atoms. The smallest absolute Gasteiger partial charge is 0.163 e. The highest BCUT2D eigenvalue weighted by Crippen LogP contribution is 2.40. The van der Waals surface area contributed by atoms with E-state index in [1.807, 2.05) is 12.1 Å². The van der Waals surface area contributed by atoms with E-state index in [9.17, 15) is 0 Å². The van der Waals surface area contributed by atoms with Crippen LogP contribution in [0.2, 0.25) is 0 Å². The van der Waals surface area contributed by atoms with Gasteiger partial charge in [0.25, 0.3) is 0 Å². The monoisotopic (exact) mass is 234 g/mol. The van der Waals surface area contributed by atoms with E-state index in [4.69, 9.17) is 15.2 Å². The molecular formula is C13H18N2O2. The number of nitrogens with two attached hydrogens (primary N) is 1. The first-order valence-corrected chi connectivity index (χ1v) is 6.17. The lowest BCUT2D eigenvalue weighted by Crippen LogP contribution is -2.37. The van der Waals surface area contributed by atoms with Gasteiger partial charge in [0.1, 0.15) is 13.2 Å². The largest absolute Gasteiger partial charge is 0.486 e. The van der Waals surface area contributed by atoms with Gasteiger partial charge in [-0.25, -0.2) is 0 Å². The molecule has 1 heterocycles. The summed E-state index contributed by atoms with van der Waals surface area (Å²) in [7, 11) is 2.10. The number of nitrogen functional groups attached to an aromatic ring is 1. The van der Waals surface area contributed by atoms with E-state index in [-0.39, 0.29) is 0 Å². The van der Waals surface area contributed by atoms with Crippen LogP contribution in [0, 0.1) is 0 Å². The molecule has 2 N–H and O–H groups in total. The van der Waals surface area contributed by atoms with E-state index < -0.39 is 0 Å². The Hall–Kier alpha value is -1.58. The minimum Gasteiger partial charge on any atom is -0.486 e. The van der Waals surface area contributed by atoms with E-state index in [1.54, 1.807) is 0 Å². The Kier molecular flexibility index (Phi) is 2.50. The van der Waals surface area contributed by atoms with Crippen LogP contribution in [0.3, 0.4) is 0 Å². The van der Waals surface area contributed by atoms with Crippen molar-refractivity contribution < 1.29 is 9.47 Å². The van der Waals surface area contributed by atoms with Crippen molar-refractivity contribution in [2.75, 3.05) is 30.9 Å². The van der Waals surface area contributed by atoms with Crippen LogP contribution in [0.4, 0.5) is 11.4 Å². The Morgan fingerprint density at radius 1 is 1.18 bits per heavy atom. The van der Waals surface area contributed by atoms with Crippen LogP contribution in [0.5, 0.6) is 11.5 Å². The molecule has 1 aromatic carbocycles. The first-order valence-electron chi connectivity index (χ1n) is 6.17. The van der Waals surface area contributed by atoms with E-state index in [1.165, 1.54) is 19.3 Å². The van der Waals surface area contributed by atoms with Gasteiger partial charge in [0.2, 0.25) is 0 Å². The lowest BCUT2D eigenvalue weighted by Gasteiger charge is -2.37. The van der Waals surface area contributed by atoms with Crippen molar-refractivity contribution in [1.29, 1.82) is 0 Å². The van der Waals surface area contributed by atoms with E-state index in [2.05, 4.69) is 11.9 Å². The fraction of sp³-hybridized carbons (Fsp3) is 0.538. The van der Waals surface area contributed by atoms with Crippen LogP contribution in [-0.2, 0) is 0 Å². The fourth-order valence-corrected chi connectivity index (χ4v) is 2.37. The molecule has 0 aromatic heterocycles. The molecule has 1 fully saturated rings. The van der Waals surface area contributed by atoms with Gasteiger partial charge < -0.3 is 20.1 Å². The first-order chi connectivity index (χ1) is 8.25. The van der Waals surface area contributed by atoms with Crippen molar-refractivity contribution in [3.63, 3.8) is 0 Å². The molecule has 3 rings (SSSR count).